The van der Waals surface area contributed by atoms with Crippen molar-refractivity contribution in [1.82, 2.24) is 9.97 Å². The van der Waals surface area contributed by atoms with Gasteiger partial charge in [-0.2, -0.15) is 26.3 Å². The van der Waals surface area contributed by atoms with E-state index in [9.17, 15) is 35.9 Å². The lowest BCUT2D eigenvalue weighted by atomic mass is 10.1. The summed E-state index contributed by atoms with van der Waals surface area (Å²) < 4.78 is 80.1. The number of aromatic nitrogens is 2. The van der Waals surface area contributed by atoms with E-state index in [1.54, 1.807) is 19.3 Å². The molecule has 2 aromatic heterocycles. The third-order valence-electron chi connectivity index (χ3n) is 3.80. The van der Waals surface area contributed by atoms with Crippen molar-refractivity contribution < 1.29 is 35.9 Å². The third kappa shape index (κ3) is 6.86. The summed E-state index contributed by atoms with van der Waals surface area (Å²) in [6, 6.07) is 6.89. The van der Waals surface area contributed by atoms with E-state index < -0.39 is 29.4 Å². The van der Waals surface area contributed by atoms with E-state index in [1.807, 2.05) is 0 Å². The Balaban J connectivity index is 0.000000336. The van der Waals surface area contributed by atoms with E-state index in [4.69, 9.17) is 4.74 Å². The molecule has 0 unspecified atom stereocenters. The molecule has 0 saturated carbocycles. The largest absolute Gasteiger partial charge is 0.455 e. The number of hydrogen-bond donors (Lipinski definition) is 2. The van der Waals surface area contributed by atoms with E-state index >= 15 is 0 Å². The van der Waals surface area contributed by atoms with Crippen LogP contribution in [-0.2, 0) is 12.4 Å². The second kappa shape index (κ2) is 9.98. The third-order valence-corrected chi connectivity index (χ3v) is 3.80. The number of benzene rings is 1. The zero-order valence-corrected chi connectivity index (χ0v) is 16.2. The van der Waals surface area contributed by atoms with Gasteiger partial charge in [-0.05, 0) is 36.4 Å². The van der Waals surface area contributed by atoms with Crippen molar-refractivity contribution in [3.05, 3.63) is 82.0 Å². The first-order valence-electron chi connectivity index (χ1n) is 8.68. The molecule has 6 nitrogen and oxygen atoms in total. The van der Waals surface area contributed by atoms with Gasteiger partial charge in [0.1, 0.15) is 17.2 Å². The SMILES string of the molecule is CNc1ccc(=O)[nH]c1.O=Cc1ccc(C(F)(F)F)cc1Oc1ccc(C(F)(F)F)nc1. The van der Waals surface area contributed by atoms with Crippen molar-refractivity contribution in [3.8, 4) is 11.5 Å². The molecule has 170 valence electrons. The van der Waals surface area contributed by atoms with Gasteiger partial charge in [0.15, 0.2) is 6.29 Å². The number of nitrogens with zero attached hydrogens (tertiary/aromatic N) is 1. The maximum atomic E-state index is 12.6. The Bertz CT molecular complexity index is 1090. The summed E-state index contributed by atoms with van der Waals surface area (Å²) >= 11 is 0. The fourth-order valence-electron chi connectivity index (χ4n) is 2.20. The van der Waals surface area contributed by atoms with Crippen LogP contribution >= 0.6 is 0 Å². The fraction of sp³-hybridized carbons (Fsp3) is 0.150. The van der Waals surface area contributed by atoms with Gasteiger partial charge in [-0.3, -0.25) is 9.59 Å². The maximum absolute atomic E-state index is 12.6. The van der Waals surface area contributed by atoms with Crippen molar-refractivity contribution in [2.45, 2.75) is 12.4 Å². The number of pyridine rings is 2. The molecule has 32 heavy (non-hydrogen) atoms. The Labute approximate surface area is 176 Å². The number of anilines is 1. The summed E-state index contributed by atoms with van der Waals surface area (Å²) in [5.74, 6) is -0.670. The van der Waals surface area contributed by atoms with Crippen LogP contribution in [0.2, 0.25) is 0 Å². The molecule has 0 amide bonds. The summed E-state index contributed by atoms with van der Waals surface area (Å²) in [4.78, 5) is 26.9. The van der Waals surface area contributed by atoms with E-state index in [-0.39, 0.29) is 23.2 Å². The minimum atomic E-state index is -4.65. The zero-order chi connectivity index (χ0) is 23.9. The normalized spacial score (nSPS) is 11.2. The first-order chi connectivity index (χ1) is 14.9. The highest BCUT2D eigenvalue weighted by atomic mass is 19.4. The molecule has 1 aromatic carbocycles. The number of ether oxygens (including phenoxy) is 1. The van der Waals surface area contributed by atoms with Crippen LogP contribution in [0.5, 0.6) is 11.5 Å². The molecule has 0 aliphatic rings. The molecule has 0 radical (unpaired) electrons. The molecule has 0 fully saturated rings. The van der Waals surface area contributed by atoms with Gasteiger partial charge in [-0.25, -0.2) is 4.98 Å². The van der Waals surface area contributed by atoms with Gasteiger partial charge in [0, 0.05) is 19.3 Å². The standard InChI is InChI=1S/C14H7F6NO2.C6H8N2O/c15-13(16,17)9-2-1-8(7-22)11(5-9)23-10-3-4-12(21-6-10)14(18,19)20;1-7-5-2-3-6(9)8-4-5/h1-7H;2-4,7H,1H3,(H,8,9). The lowest BCUT2D eigenvalue weighted by Crippen LogP contribution is -2.07. The second-order valence-electron chi connectivity index (χ2n) is 6.04. The van der Waals surface area contributed by atoms with Gasteiger partial charge >= 0.3 is 12.4 Å². The quantitative estimate of drug-likeness (QED) is 0.417. The van der Waals surface area contributed by atoms with Crippen molar-refractivity contribution in [3.63, 3.8) is 0 Å². The summed E-state index contributed by atoms with van der Waals surface area (Å²) in [6.07, 6.45) is -6.70. The van der Waals surface area contributed by atoms with Gasteiger partial charge in [0.05, 0.1) is 23.0 Å². The maximum Gasteiger partial charge on any atom is 0.433 e. The summed E-state index contributed by atoms with van der Waals surface area (Å²) in [6.45, 7) is 0. The second-order valence-corrected chi connectivity index (χ2v) is 6.04. The topological polar surface area (TPSA) is 84.1 Å². The van der Waals surface area contributed by atoms with Crippen LogP contribution in [0.25, 0.3) is 0 Å². The minimum Gasteiger partial charge on any atom is -0.455 e. The van der Waals surface area contributed by atoms with Crippen molar-refractivity contribution in [2.24, 2.45) is 0 Å². The molecule has 0 saturated heterocycles. The van der Waals surface area contributed by atoms with Gasteiger partial charge in [0.2, 0.25) is 5.56 Å². The monoisotopic (exact) mass is 459 g/mol. The average molecular weight is 459 g/mol. The van der Waals surface area contributed by atoms with Crippen LogP contribution in [0.1, 0.15) is 21.6 Å². The Morgan fingerprint density at radius 3 is 2.19 bits per heavy atom. The zero-order valence-electron chi connectivity index (χ0n) is 16.2. The lowest BCUT2D eigenvalue weighted by Gasteiger charge is -2.12. The molecular weight excluding hydrogens is 444 g/mol. The molecule has 2 N–H and O–H groups in total. The molecule has 0 atom stereocenters. The number of aromatic amines is 1. The molecule has 3 rings (SSSR count). The Hall–Kier alpha value is -3.83. The van der Waals surface area contributed by atoms with E-state index in [0.29, 0.717) is 24.4 Å². The molecule has 2 heterocycles. The van der Waals surface area contributed by atoms with Crippen molar-refractivity contribution in [2.75, 3.05) is 12.4 Å². The van der Waals surface area contributed by atoms with Gasteiger partial charge < -0.3 is 15.0 Å². The lowest BCUT2D eigenvalue weighted by molar-refractivity contribution is -0.141. The highest BCUT2D eigenvalue weighted by molar-refractivity contribution is 5.79. The van der Waals surface area contributed by atoms with Crippen molar-refractivity contribution in [1.29, 1.82) is 0 Å². The summed E-state index contributed by atoms with van der Waals surface area (Å²) in [7, 11) is 1.80. The van der Waals surface area contributed by atoms with Crippen LogP contribution < -0.4 is 15.6 Å². The number of nitrogens with one attached hydrogen (secondary N) is 2. The molecular formula is C20H15F6N3O3. The predicted octanol–water partition coefficient (Wildman–Crippen LogP) is 5.14. The van der Waals surface area contributed by atoms with E-state index in [0.717, 1.165) is 17.8 Å². The molecule has 0 spiro atoms. The number of carbonyl (C=O) groups is 1. The molecule has 12 heteroatoms. The number of alkyl halides is 6. The number of halogens is 6. The Morgan fingerprint density at radius 1 is 1.00 bits per heavy atom. The number of hydrogen-bond acceptors (Lipinski definition) is 5. The van der Waals surface area contributed by atoms with Gasteiger partial charge in [-0.1, -0.05) is 0 Å². The Kier molecular flexibility index (Phi) is 7.63. The van der Waals surface area contributed by atoms with Crippen LogP contribution in [0, 0.1) is 0 Å². The van der Waals surface area contributed by atoms with Crippen LogP contribution in [0.4, 0.5) is 32.0 Å². The first kappa shape index (κ1) is 24.4. The first-order valence-corrected chi connectivity index (χ1v) is 8.68. The highest BCUT2D eigenvalue weighted by Crippen LogP contribution is 2.35. The highest BCUT2D eigenvalue weighted by Gasteiger charge is 2.33. The number of carbonyl (C=O) groups excluding carboxylic acids is 1. The minimum absolute atomic E-state index is 0.0750. The fourth-order valence-corrected chi connectivity index (χ4v) is 2.20. The smallest absolute Gasteiger partial charge is 0.433 e. The molecule has 3 aromatic rings. The van der Waals surface area contributed by atoms with Crippen LogP contribution in [0.15, 0.2) is 59.7 Å². The van der Waals surface area contributed by atoms with Crippen LogP contribution in [0.3, 0.4) is 0 Å². The molecule has 0 bridgehead atoms. The van der Waals surface area contributed by atoms with Gasteiger partial charge in [-0.15, -0.1) is 0 Å². The van der Waals surface area contributed by atoms with E-state index in [2.05, 4.69) is 15.3 Å². The average Bonchev–Trinajstić information content (AvgIpc) is 2.74. The summed E-state index contributed by atoms with van der Waals surface area (Å²) in [5, 5.41) is 2.88. The Morgan fingerprint density at radius 2 is 1.72 bits per heavy atom. The molecule has 0 aliphatic heterocycles. The van der Waals surface area contributed by atoms with E-state index in [1.165, 1.54) is 6.07 Å². The number of aldehydes is 1. The molecule has 0 aliphatic carbocycles. The summed E-state index contributed by atoms with van der Waals surface area (Å²) in [5.41, 5.74) is -1.58. The number of H-pyrrole nitrogens is 1. The predicted molar refractivity (Wildman–Crippen MR) is 103 cm³/mol. The van der Waals surface area contributed by atoms with Crippen molar-refractivity contribution >= 4 is 12.0 Å². The number of rotatable bonds is 4. The van der Waals surface area contributed by atoms with Gasteiger partial charge in [0.25, 0.3) is 0 Å². The van der Waals surface area contributed by atoms with Crippen LogP contribution in [-0.4, -0.2) is 23.3 Å².